The minimum atomic E-state index is -3.76. The topological polar surface area (TPSA) is 171 Å². The van der Waals surface area contributed by atoms with Gasteiger partial charge in [0.1, 0.15) is 23.5 Å². The standard InChI is InChI=1S/C25H29N5O6S3/c1-25(2)19(23(33)34)30-21(32)18(22(30)38-25)28-20(31)17(15-6-4-3-5-7-15)29-24(37)27-13-12-14-8-10-16(11-9-14)39(26,35)36/h3-11,17-19,22H,12-13H2,1-2H3,(H,28,31)(H,33,34)(H2,26,35,36)(H2,27,29,37)/t17-,18-,19+,22-/m1/s1. The predicted octanol–water partition coefficient (Wildman–Crippen LogP) is 0.714. The Morgan fingerprint density at radius 1 is 1.15 bits per heavy atom. The van der Waals surface area contributed by atoms with Crippen LogP contribution in [0.2, 0.25) is 0 Å². The van der Waals surface area contributed by atoms with E-state index in [2.05, 4.69) is 16.0 Å². The number of carbonyl (C=O) groups is 3. The summed E-state index contributed by atoms with van der Waals surface area (Å²) in [6.07, 6.45) is 0.529. The van der Waals surface area contributed by atoms with Gasteiger partial charge in [-0.3, -0.25) is 9.59 Å². The first kappa shape index (κ1) is 28.8. The van der Waals surface area contributed by atoms with E-state index in [9.17, 15) is 27.9 Å². The lowest BCUT2D eigenvalue weighted by molar-refractivity contribution is -0.161. The number of amides is 2. The third-order valence-electron chi connectivity index (χ3n) is 6.59. The zero-order valence-corrected chi connectivity index (χ0v) is 23.6. The fraction of sp³-hybridized carbons (Fsp3) is 0.360. The molecule has 0 aromatic heterocycles. The lowest BCUT2D eigenvalue weighted by atomic mass is 9.95. The molecule has 0 bridgehead atoms. The van der Waals surface area contributed by atoms with Gasteiger partial charge in [-0.15, -0.1) is 11.8 Å². The largest absolute Gasteiger partial charge is 0.480 e. The van der Waals surface area contributed by atoms with Crippen LogP contribution in [0.5, 0.6) is 0 Å². The highest BCUT2D eigenvalue weighted by Crippen LogP contribution is 2.50. The summed E-state index contributed by atoms with van der Waals surface area (Å²) in [6.45, 7) is 3.95. The van der Waals surface area contributed by atoms with Crippen LogP contribution >= 0.6 is 24.0 Å². The number of thiocarbonyl (C=S) groups is 1. The first-order valence-electron chi connectivity index (χ1n) is 12.0. The van der Waals surface area contributed by atoms with Gasteiger partial charge in [-0.1, -0.05) is 42.5 Å². The third kappa shape index (κ3) is 6.19. The first-order chi connectivity index (χ1) is 18.3. The highest BCUT2D eigenvalue weighted by Gasteiger charge is 2.64. The Morgan fingerprint density at radius 3 is 2.38 bits per heavy atom. The highest BCUT2D eigenvalue weighted by atomic mass is 32.2. The van der Waals surface area contributed by atoms with Crippen LogP contribution in [0.15, 0.2) is 59.5 Å². The van der Waals surface area contributed by atoms with E-state index < -0.39 is 56.1 Å². The molecule has 0 radical (unpaired) electrons. The van der Waals surface area contributed by atoms with Crippen molar-refractivity contribution < 1.29 is 27.9 Å². The van der Waals surface area contributed by atoms with E-state index in [0.717, 1.165) is 5.56 Å². The summed E-state index contributed by atoms with van der Waals surface area (Å²) >= 11 is 6.77. The maximum absolute atomic E-state index is 13.4. The number of carboxylic acids is 1. The molecule has 2 aromatic carbocycles. The molecule has 0 spiro atoms. The lowest BCUT2D eigenvalue weighted by Gasteiger charge is -2.44. The zero-order valence-electron chi connectivity index (χ0n) is 21.2. The Morgan fingerprint density at radius 2 is 1.79 bits per heavy atom. The molecule has 6 N–H and O–H groups in total. The summed E-state index contributed by atoms with van der Waals surface area (Å²) in [5.74, 6) is -1.98. The number of carboxylic acid groups (broad SMARTS) is 1. The van der Waals surface area contributed by atoms with E-state index in [4.69, 9.17) is 17.4 Å². The maximum atomic E-state index is 13.4. The summed E-state index contributed by atoms with van der Waals surface area (Å²) in [4.78, 5) is 39.4. The molecule has 0 aliphatic carbocycles. The Bertz CT molecular complexity index is 1380. The van der Waals surface area contributed by atoms with Gasteiger partial charge in [0, 0.05) is 11.3 Å². The summed E-state index contributed by atoms with van der Waals surface area (Å²) < 4.78 is 22.1. The van der Waals surface area contributed by atoms with E-state index >= 15 is 0 Å². The fourth-order valence-corrected chi connectivity index (χ4v) is 7.04. The van der Waals surface area contributed by atoms with Gasteiger partial charge in [-0.25, -0.2) is 18.4 Å². The third-order valence-corrected chi connectivity index (χ3v) is 9.36. The predicted molar refractivity (Wildman–Crippen MR) is 150 cm³/mol. The molecule has 2 fully saturated rings. The number of sulfonamides is 1. The molecule has 2 aliphatic rings. The van der Waals surface area contributed by atoms with Crippen LogP contribution in [0.3, 0.4) is 0 Å². The van der Waals surface area contributed by atoms with E-state index in [1.165, 1.54) is 28.8 Å². The smallest absolute Gasteiger partial charge is 0.327 e. The number of nitrogens with one attached hydrogen (secondary N) is 3. The minimum absolute atomic E-state index is 0.0271. The molecule has 2 amide bonds. The molecule has 2 heterocycles. The molecule has 11 nitrogen and oxygen atoms in total. The number of hydrogen-bond acceptors (Lipinski definition) is 7. The Labute approximate surface area is 235 Å². The van der Waals surface area contributed by atoms with Crippen molar-refractivity contribution in [3.63, 3.8) is 0 Å². The number of thioether (sulfide) groups is 1. The van der Waals surface area contributed by atoms with Crippen molar-refractivity contribution in [3.8, 4) is 0 Å². The molecule has 2 saturated heterocycles. The van der Waals surface area contributed by atoms with Crippen LogP contribution in [-0.4, -0.2) is 70.1 Å². The number of benzene rings is 2. The van der Waals surface area contributed by atoms with Crippen LogP contribution in [0, 0.1) is 0 Å². The maximum Gasteiger partial charge on any atom is 0.327 e. The van der Waals surface area contributed by atoms with Crippen molar-refractivity contribution in [2.45, 2.75) is 53.4 Å². The highest BCUT2D eigenvalue weighted by molar-refractivity contribution is 8.01. The molecular formula is C25H29N5O6S3. The Balaban J connectivity index is 1.38. The second kappa shape index (κ2) is 11.1. The number of nitrogens with two attached hydrogens (primary N) is 1. The van der Waals surface area contributed by atoms with Crippen LogP contribution in [-0.2, 0) is 30.8 Å². The molecule has 208 valence electrons. The van der Waals surface area contributed by atoms with Gasteiger partial charge in [0.25, 0.3) is 0 Å². The average Bonchev–Trinajstić information content (AvgIpc) is 3.13. The van der Waals surface area contributed by atoms with Crippen LogP contribution in [0.4, 0.5) is 0 Å². The first-order valence-corrected chi connectivity index (χ1v) is 14.9. The van der Waals surface area contributed by atoms with E-state index in [0.29, 0.717) is 18.5 Å². The second-order valence-electron chi connectivity index (χ2n) is 9.77. The monoisotopic (exact) mass is 591 g/mol. The lowest BCUT2D eigenvalue weighted by Crippen LogP contribution is -2.71. The second-order valence-corrected chi connectivity index (χ2v) is 13.5. The quantitative estimate of drug-likeness (QED) is 0.207. The zero-order chi connectivity index (χ0) is 28.5. The number of β-lactam (4-membered cyclic amide) rings is 1. The Hall–Kier alpha value is -3.20. The van der Waals surface area contributed by atoms with Crippen LogP contribution in [0.25, 0.3) is 0 Å². The van der Waals surface area contributed by atoms with Crippen molar-refractivity contribution in [2.75, 3.05) is 6.54 Å². The van der Waals surface area contributed by atoms with Crippen molar-refractivity contribution in [1.29, 1.82) is 0 Å². The summed E-state index contributed by atoms with van der Waals surface area (Å²) in [6, 6.07) is 12.4. The van der Waals surface area contributed by atoms with Gasteiger partial charge >= 0.3 is 5.97 Å². The van der Waals surface area contributed by atoms with Crippen LogP contribution < -0.4 is 21.1 Å². The number of aliphatic carboxylic acids is 1. The van der Waals surface area contributed by atoms with Crippen LogP contribution in [0.1, 0.15) is 31.0 Å². The number of nitrogens with zero attached hydrogens (tertiary/aromatic N) is 1. The number of hydrogen-bond donors (Lipinski definition) is 5. The van der Waals surface area contributed by atoms with E-state index in [1.807, 2.05) is 6.07 Å². The molecule has 0 unspecified atom stereocenters. The molecule has 2 aromatic rings. The molecule has 4 rings (SSSR count). The van der Waals surface area contributed by atoms with Gasteiger partial charge in [0.05, 0.1) is 4.90 Å². The number of rotatable bonds is 9. The fourth-order valence-electron chi connectivity index (χ4n) is 4.68. The minimum Gasteiger partial charge on any atom is -0.480 e. The number of primary sulfonamides is 1. The SMILES string of the molecule is CC1(C)S[C@@H]2[C@H](NC(=O)[C@H](NC(=S)NCCc3ccc(S(N)(=O)=O)cc3)c3ccccc3)C(=O)N2[C@H]1C(=O)O. The van der Waals surface area contributed by atoms with Gasteiger partial charge in [-0.05, 0) is 55.7 Å². The van der Waals surface area contributed by atoms with E-state index in [-0.39, 0.29) is 10.0 Å². The van der Waals surface area contributed by atoms with Crippen molar-refractivity contribution >= 4 is 56.9 Å². The number of fused-ring (bicyclic) bond motifs is 1. The van der Waals surface area contributed by atoms with Gasteiger partial charge in [-0.2, -0.15) is 0 Å². The van der Waals surface area contributed by atoms with Crippen molar-refractivity contribution in [3.05, 3.63) is 65.7 Å². The molecule has 14 heteroatoms. The molecule has 39 heavy (non-hydrogen) atoms. The molecule has 0 saturated carbocycles. The normalized spacial score (nSPS) is 22.3. The van der Waals surface area contributed by atoms with Crippen molar-refractivity contribution in [2.24, 2.45) is 5.14 Å². The molecule has 2 aliphatic heterocycles. The molecule has 4 atom stereocenters. The van der Waals surface area contributed by atoms with Gasteiger partial charge in [0.15, 0.2) is 5.11 Å². The number of carbonyl (C=O) groups excluding carboxylic acids is 2. The Kier molecular flexibility index (Phi) is 8.21. The van der Waals surface area contributed by atoms with E-state index in [1.54, 1.807) is 50.2 Å². The van der Waals surface area contributed by atoms with Crippen molar-refractivity contribution in [1.82, 2.24) is 20.9 Å². The summed E-state index contributed by atoms with van der Waals surface area (Å²) in [7, 11) is -3.76. The van der Waals surface area contributed by atoms with Gasteiger partial charge in [0.2, 0.25) is 21.8 Å². The van der Waals surface area contributed by atoms with Gasteiger partial charge < -0.3 is 26.0 Å². The summed E-state index contributed by atoms with van der Waals surface area (Å²) in [5, 5.41) is 23.3. The summed E-state index contributed by atoms with van der Waals surface area (Å²) in [5.41, 5.74) is 1.49. The average molecular weight is 592 g/mol. The molecular weight excluding hydrogens is 563 g/mol.